The van der Waals surface area contributed by atoms with Gasteiger partial charge in [-0.2, -0.15) is 11.8 Å². The van der Waals surface area contributed by atoms with E-state index in [-0.39, 0.29) is 29.8 Å². The molecule has 1 aliphatic heterocycles. The molecule has 1 saturated carbocycles. The number of nitrogens with one attached hydrogen (secondary N) is 1. The summed E-state index contributed by atoms with van der Waals surface area (Å²) in [7, 11) is 0. The Morgan fingerprint density at radius 2 is 2.05 bits per heavy atom. The van der Waals surface area contributed by atoms with Gasteiger partial charge >= 0.3 is 0 Å². The maximum Gasteiger partial charge on any atom is 0.246 e. The molecule has 0 spiro atoms. The Labute approximate surface area is 119 Å². The summed E-state index contributed by atoms with van der Waals surface area (Å²) in [5.74, 6) is 2.69. The topological polar surface area (TPSA) is 49.4 Å². The second kappa shape index (κ2) is 6.16. The minimum Gasteiger partial charge on any atom is -0.342 e. The summed E-state index contributed by atoms with van der Waals surface area (Å²) >= 11 is 1.82. The number of hydrogen-bond donors (Lipinski definition) is 1. The van der Waals surface area contributed by atoms with Crippen molar-refractivity contribution in [2.45, 2.75) is 45.7 Å². The van der Waals surface area contributed by atoms with Crippen molar-refractivity contribution in [1.29, 1.82) is 0 Å². The molecule has 2 aliphatic rings. The van der Waals surface area contributed by atoms with Gasteiger partial charge in [-0.05, 0) is 30.4 Å². The molecule has 1 heterocycles. The molecule has 0 radical (unpaired) electrons. The lowest BCUT2D eigenvalue weighted by Gasteiger charge is -2.40. The van der Waals surface area contributed by atoms with Gasteiger partial charge in [0.15, 0.2) is 0 Å². The minimum atomic E-state index is -0.339. The summed E-state index contributed by atoms with van der Waals surface area (Å²) < 4.78 is 0. The zero-order chi connectivity index (χ0) is 14.0. The van der Waals surface area contributed by atoms with Crippen molar-refractivity contribution in [3.8, 4) is 0 Å². The average Bonchev–Trinajstić information content (AvgIpc) is 3.17. The predicted octanol–water partition coefficient (Wildman–Crippen LogP) is 1.50. The van der Waals surface area contributed by atoms with Gasteiger partial charge in [-0.25, -0.2) is 0 Å². The lowest BCUT2D eigenvalue weighted by molar-refractivity contribution is -0.151. The molecule has 2 amide bonds. The Hall–Kier alpha value is -0.710. The van der Waals surface area contributed by atoms with Gasteiger partial charge in [0.25, 0.3) is 0 Å². The van der Waals surface area contributed by atoms with Gasteiger partial charge in [0.2, 0.25) is 11.8 Å². The second-order valence-electron chi connectivity index (χ2n) is 5.74. The van der Waals surface area contributed by atoms with E-state index in [0.717, 1.165) is 24.3 Å². The molecule has 0 aromatic heterocycles. The maximum absolute atomic E-state index is 12.6. The number of hydrogen-bond acceptors (Lipinski definition) is 3. The Kier molecular flexibility index (Phi) is 4.76. The fourth-order valence-electron chi connectivity index (χ4n) is 2.65. The van der Waals surface area contributed by atoms with Crippen LogP contribution in [0, 0.1) is 11.8 Å². The molecule has 2 atom stereocenters. The van der Waals surface area contributed by atoms with E-state index in [4.69, 9.17) is 0 Å². The SMILES string of the molecule is CCSCCN1C(=O)C(C(C)C)NC(=O)C1C1CC1. The average molecular weight is 284 g/mol. The highest BCUT2D eigenvalue weighted by Gasteiger charge is 2.48. The molecule has 2 rings (SSSR count). The normalized spacial score (nSPS) is 27.9. The summed E-state index contributed by atoms with van der Waals surface area (Å²) in [4.78, 5) is 26.7. The zero-order valence-corrected chi connectivity index (χ0v) is 12.8. The lowest BCUT2D eigenvalue weighted by atomic mass is 9.96. The highest BCUT2D eigenvalue weighted by atomic mass is 32.2. The molecular formula is C14H24N2O2S. The molecule has 2 unspecified atom stereocenters. The number of nitrogens with zero attached hydrogens (tertiary/aromatic N) is 1. The predicted molar refractivity (Wildman–Crippen MR) is 78.0 cm³/mol. The van der Waals surface area contributed by atoms with Crippen LogP contribution < -0.4 is 5.32 Å². The van der Waals surface area contributed by atoms with E-state index >= 15 is 0 Å². The molecule has 1 N–H and O–H groups in total. The standard InChI is InChI=1S/C14H24N2O2S/c1-4-19-8-7-16-12(10-5-6-10)13(17)15-11(9(2)3)14(16)18/h9-12H,4-8H2,1-3H3,(H,15,17). The Morgan fingerprint density at radius 3 is 2.58 bits per heavy atom. The third-order valence-corrected chi connectivity index (χ3v) is 4.75. The van der Waals surface area contributed by atoms with Crippen LogP contribution in [-0.2, 0) is 9.59 Å². The fraction of sp³-hybridized carbons (Fsp3) is 0.857. The first-order valence-corrected chi connectivity index (χ1v) is 8.40. The summed E-state index contributed by atoms with van der Waals surface area (Å²) in [6.45, 7) is 6.79. The van der Waals surface area contributed by atoms with Crippen molar-refractivity contribution in [1.82, 2.24) is 10.2 Å². The summed E-state index contributed by atoms with van der Waals surface area (Å²) in [5.41, 5.74) is 0. The van der Waals surface area contributed by atoms with Crippen LogP contribution in [0.2, 0.25) is 0 Å². The number of rotatable bonds is 6. The Balaban J connectivity index is 2.09. The molecule has 1 saturated heterocycles. The van der Waals surface area contributed by atoms with E-state index < -0.39 is 0 Å². The van der Waals surface area contributed by atoms with E-state index in [1.165, 1.54) is 0 Å². The Bertz CT molecular complexity index is 355. The van der Waals surface area contributed by atoms with Crippen LogP contribution in [0.5, 0.6) is 0 Å². The number of thioether (sulfide) groups is 1. The van der Waals surface area contributed by atoms with E-state index in [1.54, 1.807) is 0 Å². The molecule has 108 valence electrons. The van der Waals surface area contributed by atoms with Gasteiger partial charge in [0, 0.05) is 12.3 Å². The molecule has 19 heavy (non-hydrogen) atoms. The molecule has 4 nitrogen and oxygen atoms in total. The van der Waals surface area contributed by atoms with Gasteiger partial charge in [-0.1, -0.05) is 20.8 Å². The van der Waals surface area contributed by atoms with Crippen LogP contribution >= 0.6 is 11.8 Å². The smallest absolute Gasteiger partial charge is 0.246 e. The molecule has 5 heteroatoms. The quantitative estimate of drug-likeness (QED) is 0.752. The highest BCUT2D eigenvalue weighted by Crippen LogP contribution is 2.37. The number of carbonyl (C=O) groups is 2. The van der Waals surface area contributed by atoms with Crippen molar-refractivity contribution in [2.24, 2.45) is 11.8 Å². The largest absolute Gasteiger partial charge is 0.342 e. The first kappa shape index (κ1) is 14.7. The van der Waals surface area contributed by atoms with Gasteiger partial charge in [-0.15, -0.1) is 0 Å². The first-order chi connectivity index (χ1) is 9.06. The van der Waals surface area contributed by atoms with Crippen LogP contribution in [0.25, 0.3) is 0 Å². The third kappa shape index (κ3) is 3.25. The fourth-order valence-corrected chi connectivity index (χ4v) is 3.26. The molecular weight excluding hydrogens is 260 g/mol. The second-order valence-corrected chi connectivity index (χ2v) is 7.13. The van der Waals surface area contributed by atoms with Crippen molar-refractivity contribution in [3.63, 3.8) is 0 Å². The first-order valence-electron chi connectivity index (χ1n) is 7.24. The van der Waals surface area contributed by atoms with Crippen LogP contribution in [-0.4, -0.2) is 46.8 Å². The van der Waals surface area contributed by atoms with Crippen molar-refractivity contribution in [2.75, 3.05) is 18.1 Å². The van der Waals surface area contributed by atoms with Crippen LogP contribution in [0.1, 0.15) is 33.6 Å². The molecule has 0 bridgehead atoms. The lowest BCUT2D eigenvalue weighted by Crippen LogP contribution is -2.65. The molecule has 0 aromatic rings. The summed E-state index contributed by atoms with van der Waals surface area (Å²) in [6.07, 6.45) is 2.16. The number of carbonyl (C=O) groups excluding carboxylic acids is 2. The Morgan fingerprint density at radius 1 is 1.37 bits per heavy atom. The van der Waals surface area contributed by atoms with E-state index in [0.29, 0.717) is 12.5 Å². The van der Waals surface area contributed by atoms with Crippen molar-refractivity contribution in [3.05, 3.63) is 0 Å². The molecule has 2 fully saturated rings. The van der Waals surface area contributed by atoms with Gasteiger partial charge in [0.05, 0.1) is 0 Å². The number of piperazine rings is 1. The maximum atomic E-state index is 12.6. The highest BCUT2D eigenvalue weighted by molar-refractivity contribution is 7.99. The van der Waals surface area contributed by atoms with Crippen LogP contribution in [0.15, 0.2) is 0 Å². The summed E-state index contributed by atoms with van der Waals surface area (Å²) in [6, 6.07) is -0.547. The van der Waals surface area contributed by atoms with Crippen LogP contribution in [0.4, 0.5) is 0 Å². The molecule has 0 aromatic carbocycles. The van der Waals surface area contributed by atoms with Gasteiger partial charge in [-0.3, -0.25) is 9.59 Å². The monoisotopic (exact) mass is 284 g/mol. The zero-order valence-electron chi connectivity index (χ0n) is 12.0. The molecule has 1 aliphatic carbocycles. The van der Waals surface area contributed by atoms with Gasteiger partial charge in [0.1, 0.15) is 12.1 Å². The van der Waals surface area contributed by atoms with E-state index in [1.807, 2.05) is 30.5 Å². The van der Waals surface area contributed by atoms with E-state index in [2.05, 4.69) is 12.2 Å². The van der Waals surface area contributed by atoms with Crippen molar-refractivity contribution < 1.29 is 9.59 Å². The van der Waals surface area contributed by atoms with E-state index in [9.17, 15) is 9.59 Å². The van der Waals surface area contributed by atoms with Gasteiger partial charge < -0.3 is 10.2 Å². The third-order valence-electron chi connectivity index (χ3n) is 3.87. The number of amides is 2. The summed E-state index contributed by atoms with van der Waals surface area (Å²) in [5, 5.41) is 2.92. The van der Waals surface area contributed by atoms with Crippen LogP contribution in [0.3, 0.4) is 0 Å². The minimum absolute atomic E-state index is 0.0577. The van der Waals surface area contributed by atoms with Crippen molar-refractivity contribution >= 4 is 23.6 Å².